The number of aromatic nitrogens is 1. The molecule has 1 saturated carbocycles. The first kappa shape index (κ1) is 24.6. The molecule has 5 nitrogen and oxygen atoms in total. The maximum absolute atomic E-state index is 15.0. The quantitative estimate of drug-likeness (QED) is 0.251. The molecule has 4 aromatic rings. The van der Waals surface area contributed by atoms with Gasteiger partial charge in [-0.15, -0.1) is 0 Å². The molecule has 0 amide bonds. The van der Waals surface area contributed by atoms with Crippen LogP contribution in [0.3, 0.4) is 0 Å². The third kappa shape index (κ3) is 4.94. The number of carbonyl (C=O) groups excluding carboxylic acids is 2. The highest BCUT2D eigenvalue weighted by Gasteiger charge is 2.54. The van der Waals surface area contributed by atoms with Gasteiger partial charge in [-0.05, 0) is 78.9 Å². The number of Topliss-reactive ketones (excluding diaryl/α,β-unsaturated/α-hetero) is 2. The van der Waals surface area contributed by atoms with Crippen LogP contribution < -0.4 is 9.47 Å². The Bertz CT molecular complexity index is 1510. The van der Waals surface area contributed by atoms with Crippen molar-refractivity contribution in [1.29, 1.82) is 0 Å². The molecule has 1 aliphatic rings. The van der Waals surface area contributed by atoms with Crippen molar-refractivity contribution in [2.24, 2.45) is 5.41 Å². The molecular formula is C30H25F2NO4. The van der Waals surface area contributed by atoms with E-state index in [1.807, 2.05) is 13.0 Å². The zero-order valence-corrected chi connectivity index (χ0v) is 20.5. The van der Waals surface area contributed by atoms with Gasteiger partial charge in [0.1, 0.15) is 17.3 Å². The molecule has 1 aromatic heterocycles. The summed E-state index contributed by atoms with van der Waals surface area (Å²) in [6.45, 7) is 1.91. The number of benzene rings is 3. The highest BCUT2D eigenvalue weighted by atomic mass is 19.1. The first-order valence-electron chi connectivity index (χ1n) is 12.0. The molecule has 188 valence electrons. The summed E-state index contributed by atoms with van der Waals surface area (Å²) in [7, 11) is 1.58. The van der Waals surface area contributed by atoms with E-state index in [2.05, 4.69) is 4.98 Å². The predicted molar refractivity (Wildman–Crippen MR) is 135 cm³/mol. The smallest absolute Gasteiger partial charge is 0.166 e. The van der Waals surface area contributed by atoms with Crippen LogP contribution in [0.25, 0.3) is 10.9 Å². The molecule has 0 saturated heterocycles. The zero-order valence-electron chi connectivity index (χ0n) is 20.5. The van der Waals surface area contributed by atoms with Crippen LogP contribution in [-0.2, 0) is 22.4 Å². The number of rotatable bonds is 9. The van der Waals surface area contributed by atoms with E-state index in [0.29, 0.717) is 46.4 Å². The van der Waals surface area contributed by atoms with E-state index in [9.17, 15) is 14.0 Å². The van der Waals surface area contributed by atoms with Crippen LogP contribution >= 0.6 is 0 Å². The van der Waals surface area contributed by atoms with Gasteiger partial charge >= 0.3 is 0 Å². The lowest BCUT2D eigenvalue weighted by molar-refractivity contribution is -0.133. The van der Waals surface area contributed by atoms with Gasteiger partial charge in [0.15, 0.2) is 23.1 Å². The van der Waals surface area contributed by atoms with Crippen molar-refractivity contribution >= 4 is 22.5 Å². The van der Waals surface area contributed by atoms with Crippen LogP contribution in [0, 0.1) is 24.0 Å². The van der Waals surface area contributed by atoms with Gasteiger partial charge in [0, 0.05) is 24.4 Å². The first-order valence-corrected chi connectivity index (χ1v) is 12.0. The highest BCUT2D eigenvalue weighted by Crippen LogP contribution is 2.49. The average molecular weight is 502 g/mol. The summed E-state index contributed by atoms with van der Waals surface area (Å²) in [5, 5.41) is 0.680. The number of halogens is 2. The van der Waals surface area contributed by atoms with Crippen LogP contribution in [0.5, 0.6) is 17.2 Å². The Balaban J connectivity index is 1.30. The summed E-state index contributed by atoms with van der Waals surface area (Å²) < 4.78 is 39.4. The maximum atomic E-state index is 15.0. The van der Waals surface area contributed by atoms with Gasteiger partial charge in [-0.1, -0.05) is 18.2 Å². The fourth-order valence-corrected chi connectivity index (χ4v) is 4.57. The molecule has 3 aromatic carbocycles. The van der Waals surface area contributed by atoms with Crippen molar-refractivity contribution in [1.82, 2.24) is 4.98 Å². The van der Waals surface area contributed by atoms with Crippen molar-refractivity contribution in [3.05, 3.63) is 95.2 Å². The van der Waals surface area contributed by atoms with Crippen molar-refractivity contribution in [3.63, 3.8) is 0 Å². The SMILES string of the molecule is COc1cc2c(Oc3ccc(CC(=O)C4(C(=O)Cc5ccc(F)cc5)CC4)cc3F)ccnc2cc1C. The predicted octanol–water partition coefficient (Wildman–Crippen LogP) is 6.33. The second kappa shape index (κ2) is 9.73. The summed E-state index contributed by atoms with van der Waals surface area (Å²) in [6.07, 6.45) is 2.56. The second-order valence-corrected chi connectivity index (χ2v) is 9.42. The molecule has 37 heavy (non-hydrogen) atoms. The average Bonchev–Trinajstić information content (AvgIpc) is 3.69. The Morgan fingerprint density at radius 2 is 1.54 bits per heavy atom. The Labute approximate surface area is 213 Å². The number of fused-ring (bicyclic) bond motifs is 1. The van der Waals surface area contributed by atoms with E-state index in [-0.39, 0.29) is 36.0 Å². The number of hydrogen-bond acceptors (Lipinski definition) is 5. The summed E-state index contributed by atoms with van der Waals surface area (Å²) >= 11 is 0. The van der Waals surface area contributed by atoms with Gasteiger partial charge in [-0.3, -0.25) is 14.6 Å². The fraction of sp³-hybridized carbons (Fsp3) is 0.233. The largest absolute Gasteiger partial charge is 0.496 e. The minimum absolute atomic E-state index is 0.0109. The Morgan fingerprint density at radius 1 is 0.865 bits per heavy atom. The number of nitrogens with zero attached hydrogens (tertiary/aromatic N) is 1. The zero-order chi connectivity index (χ0) is 26.2. The number of aryl methyl sites for hydroxylation is 1. The molecule has 7 heteroatoms. The topological polar surface area (TPSA) is 65.5 Å². The number of ether oxygens (including phenoxy) is 2. The molecule has 1 fully saturated rings. The van der Waals surface area contributed by atoms with Gasteiger partial charge in [-0.2, -0.15) is 0 Å². The molecule has 0 atom stereocenters. The highest BCUT2D eigenvalue weighted by molar-refractivity contribution is 6.10. The number of ketones is 2. The summed E-state index contributed by atoms with van der Waals surface area (Å²) in [5.41, 5.74) is 1.71. The summed E-state index contributed by atoms with van der Waals surface area (Å²) in [4.78, 5) is 30.3. The van der Waals surface area contributed by atoms with Crippen LogP contribution in [0.1, 0.15) is 29.5 Å². The Hall–Kier alpha value is -4.13. The van der Waals surface area contributed by atoms with E-state index < -0.39 is 11.2 Å². The number of pyridine rings is 1. The third-order valence-corrected chi connectivity index (χ3v) is 6.89. The maximum Gasteiger partial charge on any atom is 0.166 e. The summed E-state index contributed by atoms with van der Waals surface area (Å²) in [6, 6.07) is 15.4. The minimum Gasteiger partial charge on any atom is -0.496 e. The van der Waals surface area contributed by atoms with Gasteiger partial charge in [0.25, 0.3) is 0 Å². The molecule has 0 unspecified atom stereocenters. The van der Waals surface area contributed by atoms with Crippen LogP contribution in [-0.4, -0.2) is 23.7 Å². The molecule has 1 heterocycles. The molecule has 0 radical (unpaired) electrons. The van der Waals surface area contributed by atoms with E-state index >= 15 is 4.39 Å². The van der Waals surface area contributed by atoms with E-state index in [0.717, 1.165) is 5.56 Å². The first-order chi connectivity index (χ1) is 17.8. The van der Waals surface area contributed by atoms with Crippen molar-refractivity contribution in [3.8, 4) is 17.2 Å². The van der Waals surface area contributed by atoms with Crippen molar-refractivity contribution in [2.75, 3.05) is 7.11 Å². The van der Waals surface area contributed by atoms with Crippen molar-refractivity contribution < 1.29 is 27.8 Å². The fourth-order valence-electron chi connectivity index (χ4n) is 4.57. The number of carbonyl (C=O) groups is 2. The molecule has 0 aliphatic heterocycles. The lowest BCUT2D eigenvalue weighted by Gasteiger charge is -2.14. The standard InChI is InChI=1S/C30H25F2NO4/c1-18-13-24-22(17-27(18)36-2)25(9-12-33-24)37-26-8-5-20(14-23(26)32)16-29(35)30(10-11-30)28(34)15-19-3-6-21(31)7-4-19/h3-9,12-14,17H,10-11,15-16H2,1-2H3. The van der Waals surface area contributed by atoms with Crippen LogP contribution in [0.4, 0.5) is 8.78 Å². The molecule has 5 rings (SSSR count). The van der Waals surface area contributed by atoms with Crippen LogP contribution in [0.2, 0.25) is 0 Å². The number of methoxy groups -OCH3 is 1. The molecule has 0 spiro atoms. The van der Waals surface area contributed by atoms with Crippen LogP contribution in [0.15, 0.2) is 66.9 Å². The lowest BCUT2D eigenvalue weighted by Crippen LogP contribution is -2.28. The molecular weight excluding hydrogens is 476 g/mol. The molecule has 0 bridgehead atoms. The van der Waals surface area contributed by atoms with E-state index in [4.69, 9.17) is 9.47 Å². The lowest BCUT2D eigenvalue weighted by atomic mass is 9.88. The monoisotopic (exact) mass is 501 g/mol. The minimum atomic E-state index is -1.03. The summed E-state index contributed by atoms with van der Waals surface area (Å²) in [5.74, 6) is -0.296. The number of hydrogen-bond donors (Lipinski definition) is 0. The second-order valence-electron chi connectivity index (χ2n) is 9.42. The Kier molecular flexibility index (Phi) is 6.46. The van der Waals surface area contributed by atoms with Crippen molar-refractivity contribution in [2.45, 2.75) is 32.6 Å². The Morgan fingerprint density at radius 3 is 2.19 bits per heavy atom. The van der Waals surface area contributed by atoms with E-state index in [1.54, 1.807) is 43.6 Å². The normalized spacial score (nSPS) is 13.8. The molecule has 0 N–H and O–H groups in total. The van der Waals surface area contributed by atoms with Gasteiger partial charge in [0.05, 0.1) is 18.0 Å². The third-order valence-electron chi connectivity index (χ3n) is 6.89. The van der Waals surface area contributed by atoms with Gasteiger partial charge < -0.3 is 9.47 Å². The van der Waals surface area contributed by atoms with Gasteiger partial charge in [0.2, 0.25) is 0 Å². The van der Waals surface area contributed by atoms with E-state index in [1.165, 1.54) is 24.3 Å². The van der Waals surface area contributed by atoms with Gasteiger partial charge in [-0.25, -0.2) is 8.78 Å². The molecule has 1 aliphatic carbocycles.